The van der Waals surface area contributed by atoms with Crippen LogP contribution in [0.2, 0.25) is 5.02 Å². The molecule has 1 saturated carbocycles. The van der Waals surface area contributed by atoms with Crippen molar-refractivity contribution in [2.45, 2.75) is 31.2 Å². The van der Waals surface area contributed by atoms with Crippen LogP contribution in [0, 0.1) is 0 Å². The highest BCUT2D eigenvalue weighted by Crippen LogP contribution is 2.37. The molecule has 0 spiro atoms. The van der Waals surface area contributed by atoms with E-state index < -0.39 is 0 Å². The monoisotopic (exact) mass is 265 g/mol. The van der Waals surface area contributed by atoms with Gasteiger partial charge in [0.05, 0.1) is 12.9 Å². The van der Waals surface area contributed by atoms with Crippen LogP contribution >= 0.6 is 11.6 Å². The number of ether oxygens (including phenoxy) is 1. The molecular weight excluding hydrogens is 246 g/mol. The molecule has 98 valence electrons. The maximum Gasteiger partial charge on any atom is 0.0885 e. The molecule has 1 aliphatic carbocycles. The number of hydrogen-bond acceptors (Lipinski definition) is 2. The predicted molar refractivity (Wildman–Crippen MR) is 76.0 cm³/mol. The van der Waals surface area contributed by atoms with Gasteiger partial charge in [-0.3, -0.25) is 0 Å². The fraction of sp³-hybridized carbons (Fsp3) is 0.467. The van der Waals surface area contributed by atoms with Crippen LogP contribution in [0.1, 0.15) is 30.7 Å². The van der Waals surface area contributed by atoms with Crippen molar-refractivity contribution in [3.05, 3.63) is 47.7 Å². The maximum absolute atomic E-state index is 5.89. The fourth-order valence-electron chi connectivity index (χ4n) is 2.34. The van der Waals surface area contributed by atoms with E-state index in [0.717, 1.165) is 24.6 Å². The molecule has 0 atom stereocenters. The zero-order valence-corrected chi connectivity index (χ0v) is 11.3. The molecule has 18 heavy (non-hydrogen) atoms. The molecule has 0 radical (unpaired) electrons. The minimum Gasteiger partial charge on any atom is -0.502 e. The average molecular weight is 266 g/mol. The van der Waals surface area contributed by atoms with Gasteiger partial charge in [-0.05, 0) is 49.4 Å². The van der Waals surface area contributed by atoms with E-state index in [9.17, 15) is 0 Å². The molecule has 0 unspecified atom stereocenters. The first kappa shape index (κ1) is 13.4. The van der Waals surface area contributed by atoms with Crippen LogP contribution in [0.5, 0.6) is 0 Å². The van der Waals surface area contributed by atoms with Gasteiger partial charge in [-0.25, -0.2) is 0 Å². The summed E-state index contributed by atoms with van der Waals surface area (Å²) < 4.78 is 5.08. The summed E-state index contributed by atoms with van der Waals surface area (Å²) in [6.07, 6.45) is 4.99. The number of hydrogen-bond donors (Lipinski definition) is 1. The first-order valence-electron chi connectivity index (χ1n) is 6.51. The number of nitrogens with one attached hydrogen (secondary N) is 1. The highest BCUT2D eigenvalue weighted by Gasteiger charge is 2.29. The molecule has 2 rings (SSSR count). The van der Waals surface area contributed by atoms with E-state index in [2.05, 4.69) is 24.0 Å². The minimum atomic E-state index is 0.661. The summed E-state index contributed by atoms with van der Waals surface area (Å²) in [7, 11) is 0. The second kappa shape index (κ2) is 6.81. The van der Waals surface area contributed by atoms with Gasteiger partial charge in [-0.2, -0.15) is 0 Å². The molecule has 0 bridgehead atoms. The van der Waals surface area contributed by atoms with Crippen LogP contribution < -0.4 is 5.32 Å². The van der Waals surface area contributed by atoms with E-state index in [1.165, 1.54) is 24.7 Å². The molecule has 0 aliphatic heterocycles. The van der Waals surface area contributed by atoms with Gasteiger partial charge in [-0.1, -0.05) is 30.3 Å². The van der Waals surface area contributed by atoms with Gasteiger partial charge in [0.1, 0.15) is 0 Å². The third-order valence-corrected chi connectivity index (χ3v) is 3.72. The zero-order valence-electron chi connectivity index (χ0n) is 10.6. The van der Waals surface area contributed by atoms with E-state index >= 15 is 0 Å². The quantitative estimate of drug-likeness (QED) is 0.599. The molecule has 1 fully saturated rings. The Hall–Kier alpha value is -0.990. The van der Waals surface area contributed by atoms with E-state index in [4.69, 9.17) is 16.3 Å². The van der Waals surface area contributed by atoms with Crippen molar-refractivity contribution in [3.8, 4) is 0 Å². The molecule has 1 aromatic rings. The molecule has 3 heteroatoms. The van der Waals surface area contributed by atoms with Crippen molar-refractivity contribution >= 4 is 11.6 Å². The van der Waals surface area contributed by atoms with Crippen molar-refractivity contribution in [1.29, 1.82) is 0 Å². The highest BCUT2D eigenvalue weighted by atomic mass is 35.5. The summed E-state index contributed by atoms with van der Waals surface area (Å²) >= 11 is 5.89. The number of benzene rings is 1. The third kappa shape index (κ3) is 3.76. The Kier molecular flexibility index (Phi) is 5.09. The van der Waals surface area contributed by atoms with Gasteiger partial charge in [0.25, 0.3) is 0 Å². The second-order valence-corrected chi connectivity index (χ2v) is 5.20. The Morgan fingerprint density at radius 3 is 2.72 bits per heavy atom. The van der Waals surface area contributed by atoms with Crippen molar-refractivity contribution in [1.82, 2.24) is 5.32 Å². The van der Waals surface area contributed by atoms with Crippen LogP contribution in [-0.2, 0) is 4.74 Å². The smallest absolute Gasteiger partial charge is 0.0885 e. The van der Waals surface area contributed by atoms with E-state index in [0.29, 0.717) is 12.0 Å². The maximum atomic E-state index is 5.89. The first-order chi connectivity index (χ1) is 8.79. The Labute approximate surface area is 114 Å². The van der Waals surface area contributed by atoms with Gasteiger partial charge in [0, 0.05) is 11.1 Å². The molecule has 1 aliphatic rings. The van der Waals surface area contributed by atoms with Crippen molar-refractivity contribution < 1.29 is 4.74 Å². The predicted octanol–water partition coefficient (Wildman–Crippen LogP) is 3.73. The lowest BCUT2D eigenvalue weighted by atomic mass is 9.76. The topological polar surface area (TPSA) is 21.3 Å². The van der Waals surface area contributed by atoms with E-state index in [-0.39, 0.29) is 0 Å². The lowest BCUT2D eigenvalue weighted by molar-refractivity contribution is 0.232. The standard InChI is InChI=1S/C15H20ClNO/c1-2-18-9-3-8-17-15-10-13(11-15)12-4-6-14(16)7-5-12/h2,4-7,13,15,17H,1,3,8-11H2. The summed E-state index contributed by atoms with van der Waals surface area (Å²) in [5.41, 5.74) is 1.41. The van der Waals surface area contributed by atoms with Crippen LogP contribution in [-0.4, -0.2) is 19.2 Å². The summed E-state index contributed by atoms with van der Waals surface area (Å²) in [6.45, 7) is 5.29. The fourth-order valence-corrected chi connectivity index (χ4v) is 2.46. The minimum absolute atomic E-state index is 0.661. The van der Waals surface area contributed by atoms with Crippen LogP contribution in [0.4, 0.5) is 0 Å². The van der Waals surface area contributed by atoms with Crippen molar-refractivity contribution in [2.75, 3.05) is 13.2 Å². The number of rotatable bonds is 7. The van der Waals surface area contributed by atoms with Crippen LogP contribution in [0.3, 0.4) is 0 Å². The van der Waals surface area contributed by atoms with Crippen molar-refractivity contribution in [2.24, 2.45) is 0 Å². The van der Waals surface area contributed by atoms with Gasteiger partial charge < -0.3 is 10.1 Å². The van der Waals surface area contributed by atoms with Crippen molar-refractivity contribution in [3.63, 3.8) is 0 Å². The molecule has 0 saturated heterocycles. The molecule has 1 aromatic carbocycles. The van der Waals surface area contributed by atoms with Gasteiger partial charge in [-0.15, -0.1) is 0 Å². The highest BCUT2D eigenvalue weighted by molar-refractivity contribution is 6.30. The first-order valence-corrected chi connectivity index (χ1v) is 6.88. The molecule has 2 nitrogen and oxygen atoms in total. The van der Waals surface area contributed by atoms with E-state index in [1.807, 2.05) is 12.1 Å². The second-order valence-electron chi connectivity index (χ2n) is 4.76. The molecule has 0 amide bonds. The van der Waals surface area contributed by atoms with Crippen LogP contribution in [0.15, 0.2) is 37.1 Å². The Morgan fingerprint density at radius 1 is 1.33 bits per heavy atom. The number of halogens is 1. The summed E-state index contributed by atoms with van der Waals surface area (Å²) in [5, 5.41) is 4.36. The molecule has 0 heterocycles. The summed E-state index contributed by atoms with van der Waals surface area (Å²) in [6, 6.07) is 8.89. The summed E-state index contributed by atoms with van der Waals surface area (Å²) in [4.78, 5) is 0. The van der Waals surface area contributed by atoms with Crippen LogP contribution in [0.25, 0.3) is 0 Å². The lowest BCUT2D eigenvalue weighted by Gasteiger charge is -2.36. The lowest BCUT2D eigenvalue weighted by Crippen LogP contribution is -2.40. The van der Waals surface area contributed by atoms with Gasteiger partial charge in [0.15, 0.2) is 0 Å². The SMILES string of the molecule is C=COCCCNC1CC(c2ccc(Cl)cc2)C1. The normalized spacial score (nSPS) is 22.3. The van der Waals surface area contributed by atoms with Gasteiger partial charge >= 0.3 is 0 Å². The zero-order chi connectivity index (χ0) is 12.8. The van der Waals surface area contributed by atoms with E-state index in [1.54, 1.807) is 0 Å². The molecule has 0 aromatic heterocycles. The Morgan fingerprint density at radius 2 is 2.06 bits per heavy atom. The average Bonchev–Trinajstić information content (AvgIpc) is 2.33. The third-order valence-electron chi connectivity index (χ3n) is 3.47. The Bertz CT molecular complexity index is 371. The largest absolute Gasteiger partial charge is 0.502 e. The van der Waals surface area contributed by atoms with Gasteiger partial charge in [0.2, 0.25) is 0 Å². The Balaban J connectivity index is 1.62. The molecule has 1 N–H and O–H groups in total. The summed E-state index contributed by atoms with van der Waals surface area (Å²) in [5.74, 6) is 0.698. The molecular formula is C15H20ClNO.